The smallest absolute Gasteiger partial charge is 0.330 e. The van der Waals surface area contributed by atoms with Crippen LogP contribution in [0.1, 0.15) is 49.2 Å². The van der Waals surface area contributed by atoms with Crippen LogP contribution in [0, 0.1) is 5.92 Å². The molecule has 0 bridgehead atoms. The van der Waals surface area contributed by atoms with E-state index in [9.17, 15) is 19.2 Å². The summed E-state index contributed by atoms with van der Waals surface area (Å²) in [5.74, 6) is -1.48. The molecule has 0 saturated carbocycles. The van der Waals surface area contributed by atoms with Gasteiger partial charge in [0.2, 0.25) is 0 Å². The number of allylic oxidation sites excluding steroid dienone is 1. The Labute approximate surface area is 245 Å². The summed E-state index contributed by atoms with van der Waals surface area (Å²) in [5.41, 5.74) is 2.82. The highest BCUT2D eigenvalue weighted by atomic mass is 16.5. The first-order chi connectivity index (χ1) is 20.3. The SMILES string of the molecule is CCOC(=O)/C=C/[C@H](CCC(C)=O)CC(=O)[C@H](Cc1ccccc1)NC(=O)c1ccc(-c2cncc3ccccc23)[nH]1. The van der Waals surface area contributed by atoms with Crippen LogP contribution in [-0.2, 0) is 25.5 Å². The zero-order valence-electron chi connectivity index (χ0n) is 23.8. The van der Waals surface area contributed by atoms with Crippen LogP contribution < -0.4 is 5.32 Å². The van der Waals surface area contributed by atoms with Gasteiger partial charge in [-0.15, -0.1) is 0 Å². The maximum atomic E-state index is 13.6. The van der Waals surface area contributed by atoms with Crippen molar-refractivity contribution in [3.05, 3.63) is 103 Å². The molecule has 2 aromatic carbocycles. The summed E-state index contributed by atoms with van der Waals surface area (Å²) >= 11 is 0. The molecule has 0 aliphatic carbocycles. The van der Waals surface area contributed by atoms with Gasteiger partial charge in [-0.2, -0.15) is 0 Å². The number of ketones is 2. The van der Waals surface area contributed by atoms with Gasteiger partial charge in [0.1, 0.15) is 11.5 Å². The van der Waals surface area contributed by atoms with E-state index in [0.29, 0.717) is 18.5 Å². The summed E-state index contributed by atoms with van der Waals surface area (Å²) in [6.07, 6.45) is 7.50. The number of amides is 1. The molecule has 0 fully saturated rings. The van der Waals surface area contributed by atoms with Crippen LogP contribution in [0.2, 0.25) is 0 Å². The molecule has 42 heavy (non-hydrogen) atoms. The van der Waals surface area contributed by atoms with Crippen LogP contribution in [0.3, 0.4) is 0 Å². The number of nitrogens with one attached hydrogen (secondary N) is 2. The quantitative estimate of drug-likeness (QED) is 0.151. The monoisotopic (exact) mass is 565 g/mol. The van der Waals surface area contributed by atoms with Gasteiger partial charge in [-0.1, -0.05) is 60.7 Å². The maximum absolute atomic E-state index is 13.6. The predicted octanol–water partition coefficient (Wildman–Crippen LogP) is 5.63. The number of H-pyrrole nitrogens is 1. The van der Waals surface area contributed by atoms with E-state index < -0.39 is 17.9 Å². The number of fused-ring (bicyclic) bond motifs is 1. The second kappa shape index (κ2) is 14.7. The molecule has 2 aromatic heterocycles. The normalized spacial score (nSPS) is 12.6. The maximum Gasteiger partial charge on any atom is 0.330 e. The Morgan fingerprint density at radius 3 is 2.50 bits per heavy atom. The molecule has 8 nitrogen and oxygen atoms in total. The van der Waals surface area contributed by atoms with Gasteiger partial charge in [0.25, 0.3) is 5.91 Å². The molecule has 0 radical (unpaired) electrons. The van der Waals surface area contributed by atoms with Crippen LogP contribution in [-0.4, -0.2) is 46.1 Å². The number of benzene rings is 2. The number of carbonyl (C=O) groups is 4. The minimum Gasteiger partial charge on any atom is -0.463 e. The number of aromatic amines is 1. The average molecular weight is 566 g/mol. The third kappa shape index (κ3) is 8.33. The predicted molar refractivity (Wildman–Crippen MR) is 162 cm³/mol. The van der Waals surface area contributed by atoms with Gasteiger partial charge in [0.15, 0.2) is 5.78 Å². The second-order valence-corrected chi connectivity index (χ2v) is 10.2. The number of carbonyl (C=O) groups excluding carboxylic acids is 4. The van der Waals surface area contributed by atoms with Crippen LogP contribution in [0.15, 0.2) is 91.3 Å². The number of Topliss-reactive ketones (excluding diaryl/α,β-unsaturated/α-hetero) is 2. The highest BCUT2D eigenvalue weighted by Crippen LogP contribution is 2.27. The molecule has 4 rings (SSSR count). The minimum atomic E-state index is -0.818. The Kier molecular flexibility index (Phi) is 10.5. The molecule has 0 aliphatic heterocycles. The number of nitrogens with zero attached hydrogens (tertiary/aromatic N) is 1. The summed E-state index contributed by atoms with van der Waals surface area (Å²) < 4.78 is 4.97. The van der Waals surface area contributed by atoms with E-state index in [0.717, 1.165) is 27.6 Å². The first-order valence-electron chi connectivity index (χ1n) is 14.1. The van der Waals surface area contributed by atoms with Crippen molar-refractivity contribution in [3.8, 4) is 11.3 Å². The van der Waals surface area contributed by atoms with Crippen molar-refractivity contribution in [2.45, 2.75) is 45.6 Å². The number of esters is 1. The molecule has 0 spiro atoms. The van der Waals surface area contributed by atoms with Crippen molar-refractivity contribution < 1.29 is 23.9 Å². The highest BCUT2D eigenvalue weighted by Gasteiger charge is 2.25. The molecule has 216 valence electrons. The Balaban J connectivity index is 1.54. The third-order valence-corrected chi connectivity index (χ3v) is 6.99. The fraction of sp³-hybridized carbons (Fsp3) is 0.265. The van der Waals surface area contributed by atoms with Gasteiger partial charge in [-0.3, -0.25) is 14.6 Å². The van der Waals surface area contributed by atoms with Crippen LogP contribution in [0.25, 0.3) is 22.0 Å². The molecule has 1 amide bonds. The number of ether oxygens (including phenoxy) is 1. The molecule has 2 heterocycles. The number of hydrogen-bond donors (Lipinski definition) is 2. The van der Waals surface area contributed by atoms with Crippen molar-refractivity contribution in [2.24, 2.45) is 5.92 Å². The van der Waals surface area contributed by atoms with Gasteiger partial charge in [0, 0.05) is 48.0 Å². The van der Waals surface area contributed by atoms with E-state index in [2.05, 4.69) is 15.3 Å². The van der Waals surface area contributed by atoms with Crippen LogP contribution in [0.5, 0.6) is 0 Å². The Morgan fingerprint density at radius 2 is 1.74 bits per heavy atom. The topological polar surface area (TPSA) is 118 Å². The number of rotatable bonds is 14. The third-order valence-electron chi connectivity index (χ3n) is 6.99. The summed E-state index contributed by atoms with van der Waals surface area (Å²) in [7, 11) is 0. The number of hydrogen-bond acceptors (Lipinski definition) is 6. The molecule has 2 atom stereocenters. The Bertz CT molecular complexity index is 1570. The van der Waals surface area contributed by atoms with Gasteiger partial charge in [-0.25, -0.2) is 4.79 Å². The van der Waals surface area contributed by atoms with Crippen molar-refractivity contribution in [2.75, 3.05) is 6.61 Å². The zero-order chi connectivity index (χ0) is 29.9. The second-order valence-electron chi connectivity index (χ2n) is 10.2. The summed E-state index contributed by atoms with van der Waals surface area (Å²) in [4.78, 5) is 58.1. The molecule has 4 aromatic rings. The number of pyridine rings is 1. The van der Waals surface area contributed by atoms with Crippen molar-refractivity contribution in [1.29, 1.82) is 0 Å². The number of aromatic nitrogens is 2. The zero-order valence-corrected chi connectivity index (χ0v) is 23.8. The first-order valence-corrected chi connectivity index (χ1v) is 14.1. The Morgan fingerprint density at radius 1 is 0.976 bits per heavy atom. The van der Waals surface area contributed by atoms with E-state index in [1.807, 2.05) is 60.7 Å². The lowest BCUT2D eigenvalue weighted by Crippen LogP contribution is -2.43. The Hall–Kier alpha value is -4.85. The molecule has 8 heteroatoms. The molecular formula is C34H35N3O5. The van der Waals surface area contributed by atoms with Gasteiger partial charge in [-0.05, 0) is 55.7 Å². The van der Waals surface area contributed by atoms with Crippen molar-refractivity contribution >= 4 is 34.2 Å². The van der Waals surface area contributed by atoms with E-state index in [-0.39, 0.29) is 36.9 Å². The summed E-state index contributed by atoms with van der Waals surface area (Å²) in [5, 5.41) is 4.91. The lowest BCUT2D eigenvalue weighted by molar-refractivity contribution is -0.137. The lowest BCUT2D eigenvalue weighted by Gasteiger charge is -2.20. The van der Waals surface area contributed by atoms with Crippen molar-refractivity contribution in [1.82, 2.24) is 15.3 Å². The summed E-state index contributed by atoms with van der Waals surface area (Å²) in [6.45, 7) is 3.44. The molecule has 2 N–H and O–H groups in total. The van der Waals surface area contributed by atoms with E-state index in [1.54, 1.807) is 31.5 Å². The van der Waals surface area contributed by atoms with E-state index >= 15 is 0 Å². The molecule has 0 unspecified atom stereocenters. The first kappa shape index (κ1) is 30.1. The minimum absolute atomic E-state index is 0.00457. The fourth-order valence-corrected chi connectivity index (χ4v) is 4.81. The van der Waals surface area contributed by atoms with E-state index in [1.165, 1.54) is 13.0 Å². The van der Waals surface area contributed by atoms with Gasteiger partial charge < -0.3 is 19.8 Å². The lowest BCUT2D eigenvalue weighted by atomic mass is 9.91. The average Bonchev–Trinajstić information content (AvgIpc) is 3.49. The van der Waals surface area contributed by atoms with Crippen LogP contribution >= 0.6 is 0 Å². The molecule has 0 saturated heterocycles. The van der Waals surface area contributed by atoms with Gasteiger partial charge >= 0.3 is 5.97 Å². The molecular weight excluding hydrogens is 530 g/mol. The van der Waals surface area contributed by atoms with E-state index in [4.69, 9.17) is 4.74 Å². The van der Waals surface area contributed by atoms with Crippen LogP contribution in [0.4, 0.5) is 0 Å². The standard InChI is InChI=1S/C34H35N3O5/c1-3-42-33(40)18-15-25(14-13-23(2)38)20-32(39)31(19-24-9-5-4-6-10-24)37-34(41)30-17-16-29(36-30)28-22-35-21-26-11-7-8-12-27(26)28/h4-12,15-18,21-22,25,31,36H,3,13-14,19-20H2,1-2H3,(H,37,41)/b18-15+/t25-,31-/m0/s1. The largest absolute Gasteiger partial charge is 0.463 e. The highest BCUT2D eigenvalue weighted by molar-refractivity contribution is 5.99. The molecule has 0 aliphatic rings. The van der Waals surface area contributed by atoms with Gasteiger partial charge in [0.05, 0.1) is 12.6 Å². The van der Waals surface area contributed by atoms with Crippen molar-refractivity contribution in [3.63, 3.8) is 0 Å². The summed E-state index contributed by atoms with van der Waals surface area (Å²) in [6, 6.07) is 20.0. The fourth-order valence-electron chi connectivity index (χ4n) is 4.81.